The fourth-order valence-corrected chi connectivity index (χ4v) is 5.72. The number of imidazole rings is 1. The Labute approximate surface area is 170 Å². The molecule has 1 unspecified atom stereocenters. The Bertz CT molecular complexity index is 1140. The molecule has 1 atom stereocenters. The molecule has 0 amide bonds. The zero-order valence-corrected chi connectivity index (χ0v) is 17.6. The number of aryl methyl sites for hydroxylation is 1. The van der Waals surface area contributed by atoms with Crippen LogP contribution in [0.1, 0.15) is 24.6 Å². The predicted octanol–water partition coefficient (Wildman–Crippen LogP) is 3.16. The lowest BCUT2D eigenvalue weighted by atomic mass is 9.99. The standard InChI is InChI=1S/C21H25N3O4S/c1-23-18-9-5-4-8-17(18)22-21(23)15-7-6-12-24(14-15)29(25,26)20-13-16(27-2)10-11-19(20)28-3/h4-5,8-11,13,15H,6-7,12,14H2,1-3H3. The summed E-state index contributed by atoms with van der Waals surface area (Å²) in [7, 11) is 1.25. The molecule has 8 heteroatoms. The number of nitrogens with zero attached hydrogens (tertiary/aromatic N) is 3. The number of piperidine rings is 1. The Hall–Kier alpha value is -2.58. The minimum Gasteiger partial charge on any atom is -0.497 e. The molecule has 29 heavy (non-hydrogen) atoms. The summed E-state index contributed by atoms with van der Waals surface area (Å²) >= 11 is 0. The van der Waals surface area contributed by atoms with Crippen LogP contribution in [0, 0.1) is 0 Å². The Morgan fingerprint density at radius 3 is 2.62 bits per heavy atom. The Morgan fingerprint density at radius 1 is 1.10 bits per heavy atom. The third-order valence-corrected chi connectivity index (χ3v) is 7.45. The average Bonchev–Trinajstić information content (AvgIpc) is 3.10. The maximum atomic E-state index is 13.4. The molecule has 1 aliphatic rings. The average molecular weight is 416 g/mol. The van der Waals surface area contributed by atoms with Crippen LogP contribution in [0.25, 0.3) is 11.0 Å². The van der Waals surface area contributed by atoms with Crippen LogP contribution in [0.3, 0.4) is 0 Å². The van der Waals surface area contributed by atoms with Crippen molar-refractivity contribution in [3.63, 3.8) is 0 Å². The molecule has 154 valence electrons. The van der Waals surface area contributed by atoms with Gasteiger partial charge in [-0.05, 0) is 37.1 Å². The minimum absolute atomic E-state index is 0.0347. The molecule has 7 nitrogen and oxygen atoms in total. The molecular formula is C21H25N3O4S. The first kappa shape index (κ1) is 19.7. The third-order valence-electron chi connectivity index (χ3n) is 5.56. The number of rotatable bonds is 5. The van der Waals surface area contributed by atoms with Crippen LogP contribution in [0.4, 0.5) is 0 Å². The summed E-state index contributed by atoms with van der Waals surface area (Å²) in [4.78, 5) is 4.91. The molecule has 1 aromatic heterocycles. The second-order valence-corrected chi connectivity index (χ2v) is 9.14. The summed E-state index contributed by atoms with van der Waals surface area (Å²) in [5.41, 5.74) is 1.98. The van der Waals surface area contributed by atoms with E-state index in [2.05, 4.69) is 4.57 Å². The molecule has 0 saturated carbocycles. The molecule has 3 aromatic rings. The summed E-state index contributed by atoms with van der Waals surface area (Å²) in [6.45, 7) is 0.864. The van der Waals surface area contributed by atoms with Crippen molar-refractivity contribution in [1.29, 1.82) is 0 Å². The highest BCUT2D eigenvalue weighted by molar-refractivity contribution is 7.89. The van der Waals surface area contributed by atoms with Gasteiger partial charge in [0, 0.05) is 32.1 Å². The number of aromatic nitrogens is 2. The number of hydrogen-bond acceptors (Lipinski definition) is 5. The maximum absolute atomic E-state index is 13.4. The lowest BCUT2D eigenvalue weighted by molar-refractivity contribution is 0.305. The largest absolute Gasteiger partial charge is 0.497 e. The van der Waals surface area contributed by atoms with Crippen molar-refractivity contribution in [2.24, 2.45) is 7.05 Å². The summed E-state index contributed by atoms with van der Waals surface area (Å²) in [6, 6.07) is 12.8. The van der Waals surface area contributed by atoms with Gasteiger partial charge in [0.25, 0.3) is 0 Å². The molecular weight excluding hydrogens is 390 g/mol. The van der Waals surface area contributed by atoms with Crippen molar-refractivity contribution in [3.8, 4) is 11.5 Å². The summed E-state index contributed by atoms with van der Waals surface area (Å²) in [5.74, 6) is 1.75. The topological polar surface area (TPSA) is 73.7 Å². The number of ether oxygens (including phenoxy) is 2. The van der Waals surface area contributed by atoms with Crippen molar-refractivity contribution in [3.05, 3.63) is 48.3 Å². The minimum atomic E-state index is -3.73. The van der Waals surface area contributed by atoms with E-state index in [4.69, 9.17) is 14.5 Å². The van der Waals surface area contributed by atoms with Gasteiger partial charge >= 0.3 is 0 Å². The van der Waals surface area contributed by atoms with Crippen molar-refractivity contribution in [2.75, 3.05) is 27.3 Å². The van der Waals surface area contributed by atoms with E-state index in [1.54, 1.807) is 12.1 Å². The van der Waals surface area contributed by atoms with Gasteiger partial charge in [-0.25, -0.2) is 13.4 Å². The smallest absolute Gasteiger partial charge is 0.246 e. The van der Waals surface area contributed by atoms with E-state index in [1.165, 1.54) is 24.6 Å². The number of fused-ring (bicyclic) bond motifs is 1. The van der Waals surface area contributed by atoms with Crippen LogP contribution in [0.15, 0.2) is 47.4 Å². The Morgan fingerprint density at radius 2 is 1.90 bits per heavy atom. The molecule has 1 aliphatic heterocycles. The molecule has 2 heterocycles. The zero-order valence-electron chi connectivity index (χ0n) is 16.8. The van der Waals surface area contributed by atoms with Gasteiger partial charge in [-0.1, -0.05) is 12.1 Å². The number of hydrogen-bond donors (Lipinski definition) is 0. The molecule has 2 aromatic carbocycles. The van der Waals surface area contributed by atoms with Crippen LogP contribution in [-0.2, 0) is 17.1 Å². The van der Waals surface area contributed by atoms with Gasteiger partial charge in [-0.15, -0.1) is 0 Å². The molecule has 4 rings (SSSR count). The Balaban J connectivity index is 1.68. The summed E-state index contributed by atoms with van der Waals surface area (Å²) < 4.78 is 41.0. The van der Waals surface area contributed by atoms with Crippen LogP contribution in [0.5, 0.6) is 11.5 Å². The molecule has 1 saturated heterocycles. The Kier molecular flexibility index (Phi) is 5.23. The van der Waals surface area contributed by atoms with Crippen LogP contribution < -0.4 is 9.47 Å². The highest BCUT2D eigenvalue weighted by atomic mass is 32.2. The van der Waals surface area contributed by atoms with Crippen LogP contribution >= 0.6 is 0 Å². The maximum Gasteiger partial charge on any atom is 0.246 e. The van der Waals surface area contributed by atoms with Gasteiger partial charge in [0.2, 0.25) is 10.0 Å². The summed E-state index contributed by atoms with van der Waals surface area (Å²) in [5, 5.41) is 0. The first-order valence-electron chi connectivity index (χ1n) is 9.59. The first-order valence-corrected chi connectivity index (χ1v) is 11.0. The second kappa shape index (κ2) is 7.68. The second-order valence-electron chi connectivity index (χ2n) is 7.24. The molecule has 0 radical (unpaired) electrons. The number of sulfonamides is 1. The van der Waals surface area contributed by atoms with E-state index >= 15 is 0 Å². The molecule has 1 fully saturated rings. The van der Waals surface area contributed by atoms with Gasteiger partial charge in [0.15, 0.2) is 0 Å². The fraction of sp³-hybridized carbons (Fsp3) is 0.381. The lowest BCUT2D eigenvalue weighted by Crippen LogP contribution is -2.39. The zero-order chi connectivity index (χ0) is 20.6. The molecule has 0 spiro atoms. The number of benzene rings is 2. The molecule has 0 bridgehead atoms. The quantitative estimate of drug-likeness (QED) is 0.640. The van der Waals surface area contributed by atoms with E-state index < -0.39 is 10.0 Å². The van der Waals surface area contributed by atoms with Crippen molar-refractivity contribution < 1.29 is 17.9 Å². The van der Waals surface area contributed by atoms with Gasteiger partial charge in [0.05, 0.1) is 25.3 Å². The van der Waals surface area contributed by atoms with Crippen molar-refractivity contribution in [2.45, 2.75) is 23.7 Å². The lowest BCUT2D eigenvalue weighted by Gasteiger charge is -2.32. The van der Waals surface area contributed by atoms with E-state index in [-0.39, 0.29) is 10.8 Å². The number of para-hydroxylation sites is 2. The summed E-state index contributed by atoms with van der Waals surface area (Å²) in [6.07, 6.45) is 1.68. The van der Waals surface area contributed by atoms with E-state index in [0.717, 1.165) is 29.7 Å². The van der Waals surface area contributed by atoms with E-state index in [0.29, 0.717) is 24.6 Å². The van der Waals surface area contributed by atoms with Gasteiger partial charge < -0.3 is 14.0 Å². The van der Waals surface area contributed by atoms with Crippen molar-refractivity contribution >= 4 is 21.1 Å². The first-order chi connectivity index (χ1) is 14.0. The van der Waals surface area contributed by atoms with E-state index in [1.807, 2.05) is 31.3 Å². The third kappa shape index (κ3) is 3.47. The van der Waals surface area contributed by atoms with Gasteiger partial charge in [0.1, 0.15) is 22.2 Å². The highest BCUT2D eigenvalue weighted by Gasteiger charge is 2.34. The van der Waals surface area contributed by atoms with Gasteiger partial charge in [-0.2, -0.15) is 4.31 Å². The predicted molar refractivity (Wildman–Crippen MR) is 111 cm³/mol. The normalized spacial score (nSPS) is 18.1. The van der Waals surface area contributed by atoms with Crippen LogP contribution in [-0.4, -0.2) is 49.6 Å². The monoisotopic (exact) mass is 415 g/mol. The van der Waals surface area contributed by atoms with Crippen molar-refractivity contribution in [1.82, 2.24) is 13.9 Å². The van der Waals surface area contributed by atoms with Crippen LogP contribution in [0.2, 0.25) is 0 Å². The highest BCUT2D eigenvalue weighted by Crippen LogP contribution is 2.35. The SMILES string of the molecule is COc1ccc(OC)c(S(=O)(=O)N2CCCC(c3nc4ccccc4n3C)C2)c1. The molecule has 0 aliphatic carbocycles. The molecule has 0 N–H and O–H groups in total. The number of methoxy groups -OCH3 is 2. The van der Waals surface area contributed by atoms with Gasteiger partial charge in [-0.3, -0.25) is 0 Å². The van der Waals surface area contributed by atoms with E-state index in [9.17, 15) is 8.42 Å². The fourth-order valence-electron chi connectivity index (χ4n) is 4.03.